The van der Waals surface area contributed by atoms with Gasteiger partial charge in [-0.2, -0.15) is 0 Å². The van der Waals surface area contributed by atoms with Crippen LogP contribution in [0.4, 0.5) is 0 Å². The third kappa shape index (κ3) is 3.05. The molecule has 0 bridgehead atoms. The Kier molecular flexibility index (Phi) is 4.05. The number of ether oxygens (including phenoxy) is 2. The molecule has 2 aliphatic rings. The van der Waals surface area contributed by atoms with Gasteiger partial charge in [0.05, 0.1) is 19.7 Å². The summed E-state index contributed by atoms with van der Waals surface area (Å²) < 4.78 is 11.8. The topological polar surface area (TPSA) is 71.9 Å². The Morgan fingerprint density at radius 1 is 1.32 bits per heavy atom. The molecule has 6 nitrogen and oxygen atoms in total. The van der Waals surface area contributed by atoms with E-state index in [0.717, 1.165) is 6.42 Å². The number of pyridine rings is 1. The average Bonchev–Trinajstić information content (AvgIpc) is 3.03. The largest absolute Gasteiger partial charge is 0.508 e. The third-order valence-corrected chi connectivity index (χ3v) is 4.97. The minimum Gasteiger partial charge on any atom is -0.508 e. The molecule has 1 aromatic heterocycles. The summed E-state index contributed by atoms with van der Waals surface area (Å²) in [7, 11) is 0. The van der Waals surface area contributed by atoms with Gasteiger partial charge in [0.15, 0.2) is 0 Å². The molecule has 1 amide bonds. The van der Waals surface area contributed by atoms with Crippen LogP contribution in [0.3, 0.4) is 0 Å². The monoisotopic (exact) mass is 340 g/mol. The second-order valence-corrected chi connectivity index (χ2v) is 6.59. The molecule has 2 saturated heterocycles. The van der Waals surface area contributed by atoms with Gasteiger partial charge in [0.2, 0.25) is 5.88 Å². The SMILES string of the molecule is O=C(c1cccc(O)c1)N1CC2(C1)OCCC2COc1ccccn1. The van der Waals surface area contributed by atoms with Gasteiger partial charge in [0.1, 0.15) is 11.4 Å². The van der Waals surface area contributed by atoms with Gasteiger partial charge in [0.25, 0.3) is 5.91 Å². The van der Waals surface area contributed by atoms with E-state index in [2.05, 4.69) is 4.98 Å². The summed E-state index contributed by atoms with van der Waals surface area (Å²) >= 11 is 0. The first-order valence-corrected chi connectivity index (χ1v) is 8.42. The molecule has 1 N–H and O–H groups in total. The zero-order valence-corrected chi connectivity index (χ0v) is 13.8. The zero-order chi connectivity index (χ0) is 17.3. The van der Waals surface area contributed by atoms with Crippen LogP contribution in [0.25, 0.3) is 0 Å². The number of carbonyl (C=O) groups is 1. The van der Waals surface area contributed by atoms with Crippen molar-refractivity contribution in [3.63, 3.8) is 0 Å². The number of phenolic OH excluding ortho intramolecular Hbond substituents is 1. The molecule has 2 fully saturated rings. The molecule has 1 unspecified atom stereocenters. The fourth-order valence-corrected chi connectivity index (χ4v) is 3.55. The summed E-state index contributed by atoms with van der Waals surface area (Å²) in [5.74, 6) is 0.862. The highest BCUT2D eigenvalue weighted by atomic mass is 16.5. The van der Waals surface area contributed by atoms with E-state index in [9.17, 15) is 9.90 Å². The maximum Gasteiger partial charge on any atom is 0.254 e. The van der Waals surface area contributed by atoms with Gasteiger partial charge in [0, 0.05) is 30.4 Å². The first kappa shape index (κ1) is 15.9. The van der Waals surface area contributed by atoms with Crippen molar-refractivity contribution in [2.45, 2.75) is 12.0 Å². The number of aromatic nitrogens is 1. The summed E-state index contributed by atoms with van der Waals surface area (Å²) in [5.41, 5.74) is 0.176. The number of aromatic hydroxyl groups is 1. The Morgan fingerprint density at radius 3 is 2.96 bits per heavy atom. The molecule has 6 heteroatoms. The maximum atomic E-state index is 12.5. The Morgan fingerprint density at radius 2 is 2.20 bits per heavy atom. The quantitative estimate of drug-likeness (QED) is 0.923. The van der Waals surface area contributed by atoms with Crippen LogP contribution < -0.4 is 4.74 Å². The van der Waals surface area contributed by atoms with Gasteiger partial charge < -0.3 is 19.5 Å². The van der Waals surface area contributed by atoms with Crippen LogP contribution in [-0.2, 0) is 4.74 Å². The van der Waals surface area contributed by atoms with Crippen molar-refractivity contribution in [2.75, 3.05) is 26.3 Å². The normalized spacial score (nSPS) is 21.1. The van der Waals surface area contributed by atoms with E-state index >= 15 is 0 Å². The van der Waals surface area contributed by atoms with E-state index in [1.807, 2.05) is 18.2 Å². The van der Waals surface area contributed by atoms with Crippen LogP contribution in [0, 0.1) is 5.92 Å². The number of phenols is 1. The van der Waals surface area contributed by atoms with Crippen molar-refractivity contribution in [2.24, 2.45) is 5.92 Å². The first-order chi connectivity index (χ1) is 12.2. The molecule has 0 saturated carbocycles. The van der Waals surface area contributed by atoms with Crippen LogP contribution in [0.15, 0.2) is 48.7 Å². The van der Waals surface area contributed by atoms with Crippen molar-refractivity contribution in [1.82, 2.24) is 9.88 Å². The summed E-state index contributed by atoms with van der Waals surface area (Å²) in [6.07, 6.45) is 2.62. The fraction of sp³-hybridized carbons (Fsp3) is 0.368. The molecule has 130 valence electrons. The Labute approximate surface area is 146 Å². The number of amides is 1. The van der Waals surface area contributed by atoms with Crippen LogP contribution in [0.5, 0.6) is 11.6 Å². The number of carbonyl (C=O) groups excluding carboxylic acids is 1. The first-order valence-electron chi connectivity index (χ1n) is 8.42. The second-order valence-electron chi connectivity index (χ2n) is 6.59. The third-order valence-electron chi connectivity index (χ3n) is 4.97. The molecule has 3 heterocycles. The number of benzene rings is 1. The summed E-state index contributed by atoms with van der Waals surface area (Å²) in [4.78, 5) is 18.5. The minimum absolute atomic E-state index is 0.0820. The zero-order valence-electron chi connectivity index (χ0n) is 13.8. The number of hydrogen-bond donors (Lipinski definition) is 1. The molecule has 1 atom stereocenters. The van der Waals surface area contributed by atoms with Gasteiger partial charge in [-0.15, -0.1) is 0 Å². The standard InChI is InChI=1S/C19H20N2O4/c22-16-5-3-4-14(10-16)18(23)21-12-19(13-21)15(7-9-25-19)11-24-17-6-1-2-8-20-17/h1-6,8,10,15,22H,7,9,11-13H2. The molecule has 2 aliphatic heterocycles. The van der Waals surface area contributed by atoms with Crippen molar-refractivity contribution in [3.8, 4) is 11.6 Å². The highest BCUT2D eigenvalue weighted by Crippen LogP contribution is 2.40. The van der Waals surface area contributed by atoms with Crippen LogP contribution in [-0.4, -0.2) is 52.8 Å². The number of likely N-dealkylation sites (tertiary alicyclic amines) is 1. The van der Waals surface area contributed by atoms with E-state index < -0.39 is 0 Å². The molecule has 1 aromatic carbocycles. The van der Waals surface area contributed by atoms with Crippen LogP contribution in [0.2, 0.25) is 0 Å². The Balaban J connectivity index is 1.38. The van der Waals surface area contributed by atoms with Gasteiger partial charge in [-0.25, -0.2) is 4.98 Å². The predicted octanol–water partition coefficient (Wildman–Crippen LogP) is 2.10. The smallest absolute Gasteiger partial charge is 0.254 e. The van der Waals surface area contributed by atoms with Crippen molar-refractivity contribution in [3.05, 3.63) is 54.2 Å². The Bertz CT molecular complexity index is 759. The van der Waals surface area contributed by atoms with E-state index in [-0.39, 0.29) is 23.2 Å². The van der Waals surface area contributed by atoms with Gasteiger partial charge in [-0.05, 0) is 30.7 Å². The molecular weight excluding hydrogens is 320 g/mol. The molecular formula is C19H20N2O4. The van der Waals surface area contributed by atoms with E-state index in [4.69, 9.17) is 9.47 Å². The molecule has 0 aliphatic carbocycles. The molecule has 1 spiro atoms. The Hall–Kier alpha value is -2.60. The van der Waals surface area contributed by atoms with Crippen molar-refractivity contribution in [1.29, 1.82) is 0 Å². The summed E-state index contributed by atoms with van der Waals surface area (Å²) in [5, 5.41) is 9.54. The van der Waals surface area contributed by atoms with Crippen LogP contribution >= 0.6 is 0 Å². The maximum absolute atomic E-state index is 12.5. The lowest BCUT2D eigenvalue weighted by molar-refractivity contribution is -0.122. The highest BCUT2D eigenvalue weighted by molar-refractivity contribution is 5.95. The van der Waals surface area contributed by atoms with E-state index in [1.165, 1.54) is 6.07 Å². The van der Waals surface area contributed by atoms with Crippen molar-refractivity contribution >= 4 is 5.91 Å². The highest BCUT2D eigenvalue weighted by Gasteiger charge is 2.54. The second kappa shape index (κ2) is 6.37. The lowest BCUT2D eigenvalue weighted by atomic mass is 9.81. The summed E-state index contributed by atoms with van der Waals surface area (Å²) in [6.45, 7) is 2.32. The van der Waals surface area contributed by atoms with Crippen molar-refractivity contribution < 1.29 is 19.4 Å². The van der Waals surface area contributed by atoms with E-state index in [1.54, 1.807) is 29.3 Å². The molecule has 0 radical (unpaired) electrons. The molecule has 25 heavy (non-hydrogen) atoms. The number of hydrogen-bond acceptors (Lipinski definition) is 5. The number of rotatable bonds is 4. The van der Waals surface area contributed by atoms with Gasteiger partial charge in [-0.1, -0.05) is 12.1 Å². The summed E-state index contributed by atoms with van der Waals surface area (Å²) in [6, 6.07) is 12.0. The number of nitrogens with zero attached hydrogens (tertiary/aromatic N) is 2. The predicted molar refractivity (Wildman–Crippen MR) is 90.5 cm³/mol. The van der Waals surface area contributed by atoms with Gasteiger partial charge >= 0.3 is 0 Å². The minimum atomic E-state index is -0.318. The fourth-order valence-electron chi connectivity index (χ4n) is 3.55. The lowest BCUT2D eigenvalue weighted by Gasteiger charge is -2.50. The molecule has 4 rings (SSSR count). The van der Waals surface area contributed by atoms with E-state index in [0.29, 0.717) is 37.7 Å². The van der Waals surface area contributed by atoms with Gasteiger partial charge in [-0.3, -0.25) is 4.79 Å². The molecule has 2 aromatic rings. The van der Waals surface area contributed by atoms with Crippen LogP contribution in [0.1, 0.15) is 16.8 Å². The average molecular weight is 340 g/mol. The lowest BCUT2D eigenvalue weighted by Crippen LogP contribution is -2.66.